The van der Waals surface area contributed by atoms with Crippen LogP contribution in [0.25, 0.3) is 0 Å². The lowest BCUT2D eigenvalue weighted by atomic mass is 10.0. The third-order valence-corrected chi connectivity index (χ3v) is 4.22. The number of benzene rings is 1. The number of hydrogen-bond donors (Lipinski definition) is 1. The fraction of sp³-hybridized carbons (Fsp3) is 0.647. The molecule has 0 saturated carbocycles. The summed E-state index contributed by atoms with van der Waals surface area (Å²) in [6, 6.07) is 7.47. The SMILES string of the molecule is CCC(CC)N(C)Cc1cc(C(C)NC)ccc1OC. The third kappa shape index (κ3) is 4.22. The Morgan fingerprint density at radius 1 is 1.25 bits per heavy atom. The molecule has 3 heteroatoms. The Balaban J connectivity index is 2.96. The van der Waals surface area contributed by atoms with Gasteiger partial charge in [0.25, 0.3) is 0 Å². The molecular weight excluding hydrogens is 248 g/mol. The summed E-state index contributed by atoms with van der Waals surface area (Å²) in [6.07, 6.45) is 2.36. The fourth-order valence-electron chi connectivity index (χ4n) is 2.67. The first kappa shape index (κ1) is 17.0. The molecule has 0 heterocycles. The Labute approximate surface area is 124 Å². The highest BCUT2D eigenvalue weighted by Gasteiger charge is 2.14. The summed E-state index contributed by atoms with van der Waals surface area (Å²) in [4.78, 5) is 2.42. The van der Waals surface area contributed by atoms with Gasteiger partial charge in [-0.2, -0.15) is 0 Å². The molecule has 0 aliphatic rings. The van der Waals surface area contributed by atoms with E-state index in [1.807, 2.05) is 7.05 Å². The monoisotopic (exact) mass is 278 g/mol. The van der Waals surface area contributed by atoms with Gasteiger partial charge in [0.2, 0.25) is 0 Å². The molecule has 0 saturated heterocycles. The van der Waals surface area contributed by atoms with Crippen LogP contribution < -0.4 is 10.1 Å². The van der Waals surface area contributed by atoms with Gasteiger partial charge in [-0.1, -0.05) is 19.9 Å². The topological polar surface area (TPSA) is 24.5 Å². The number of ether oxygens (including phenoxy) is 1. The predicted octanol–water partition coefficient (Wildman–Crippen LogP) is 3.60. The van der Waals surface area contributed by atoms with E-state index >= 15 is 0 Å². The van der Waals surface area contributed by atoms with Gasteiger partial charge in [0, 0.05) is 24.2 Å². The summed E-state index contributed by atoms with van der Waals surface area (Å²) in [7, 11) is 5.94. The standard InChI is InChI=1S/C17H30N2O/c1-7-16(8-2)19(5)12-15-11-14(13(3)18-4)9-10-17(15)20-6/h9-11,13,16,18H,7-8,12H2,1-6H3. The summed E-state index contributed by atoms with van der Waals surface area (Å²) < 4.78 is 5.51. The maximum absolute atomic E-state index is 5.51. The maximum Gasteiger partial charge on any atom is 0.123 e. The van der Waals surface area contributed by atoms with Crippen molar-refractivity contribution in [2.75, 3.05) is 21.2 Å². The molecule has 1 N–H and O–H groups in total. The van der Waals surface area contributed by atoms with Crippen molar-refractivity contribution in [2.24, 2.45) is 0 Å². The van der Waals surface area contributed by atoms with E-state index in [4.69, 9.17) is 4.74 Å². The Kier molecular flexibility index (Phi) is 7.03. The van der Waals surface area contributed by atoms with Crippen molar-refractivity contribution in [2.45, 2.75) is 52.2 Å². The van der Waals surface area contributed by atoms with E-state index in [0.717, 1.165) is 12.3 Å². The van der Waals surface area contributed by atoms with Crippen LogP contribution in [-0.2, 0) is 6.54 Å². The van der Waals surface area contributed by atoms with Crippen LogP contribution >= 0.6 is 0 Å². The van der Waals surface area contributed by atoms with Crippen molar-refractivity contribution in [3.8, 4) is 5.75 Å². The number of hydrogen-bond acceptors (Lipinski definition) is 3. The lowest BCUT2D eigenvalue weighted by molar-refractivity contribution is 0.219. The van der Waals surface area contributed by atoms with Crippen molar-refractivity contribution in [1.82, 2.24) is 10.2 Å². The molecule has 114 valence electrons. The Hall–Kier alpha value is -1.06. The number of methoxy groups -OCH3 is 1. The van der Waals surface area contributed by atoms with E-state index < -0.39 is 0 Å². The second-order valence-electron chi connectivity index (χ2n) is 5.47. The highest BCUT2D eigenvalue weighted by Crippen LogP contribution is 2.25. The first-order valence-electron chi connectivity index (χ1n) is 7.61. The summed E-state index contributed by atoms with van der Waals surface area (Å²) in [5.41, 5.74) is 2.57. The number of nitrogens with one attached hydrogen (secondary N) is 1. The molecule has 0 amide bonds. The molecule has 0 fully saturated rings. The number of nitrogens with zero attached hydrogens (tertiary/aromatic N) is 1. The molecule has 0 aliphatic heterocycles. The second kappa shape index (κ2) is 8.28. The van der Waals surface area contributed by atoms with Crippen LogP contribution in [0.4, 0.5) is 0 Å². The van der Waals surface area contributed by atoms with Gasteiger partial charge in [0.1, 0.15) is 5.75 Å². The molecule has 1 atom stereocenters. The Morgan fingerprint density at radius 3 is 2.40 bits per heavy atom. The van der Waals surface area contributed by atoms with Gasteiger partial charge in [-0.05, 0) is 51.6 Å². The molecule has 0 radical (unpaired) electrons. The third-order valence-electron chi connectivity index (χ3n) is 4.22. The van der Waals surface area contributed by atoms with Gasteiger partial charge in [-0.15, -0.1) is 0 Å². The summed E-state index contributed by atoms with van der Waals surface area (Å²) in [5.74, 6) is 0.981. The molecule has 0 spiro atoms. The van der Waals surface area contributed by atoms with Crippen LogP contribution in [0, 0.1) is 0 Å². The van der Waals surface area contributed by atoms with E-state index in [1.54, 1.807) is 7.11 Å². The summed E-state index contributed by atoms with van der Waals surface area (Å²) in [5, 5.41) is 3.29. The average molecular weight is 278 g/mol. The molecule has 1 aromatic carbocycles. The van der Waals surface area contributed by atoms with E-state index in [9.17, 15) is 0 Å². The van der Waals surface area contributed by atoms with E-state index in [0.29, 0.717) is 12.1 Å². The minimum absolute atomic E-state index is 0.359. The average Bonchev–Trinajstić information content (AvgIpc) is 2.47. The molecule has 0 aromatic heterocycles. The van der Waals surface area contributed by atoms with Crippen molar-refractivity contribution in [3.05, 3.63) is 29.3 Å². The van der Waals surface area contributed by atoms with Crippen LogP contribution in [0.2, 0.25) is 0 Å². The largest absolute Gasteiger partial charge is 0.496 e. The van der Waals surface area contributed by atoms with Crippen LogP contribution in [-0.4, -0.2) is 32.1 Å². The molecule has 1 rings (SSSR count). The smallest absolute Gasteiger partial charge is 0.123 e. The molecule has 0 aliphatic carbocycles. The van der Waals surface area contributed by atoms with Crippen LogP contribution in [0.5, 0.6) is 5.75 Å². The quantitative estimate of drug-likeness (QED) is 0.786. The Bertz CT molecular complexity index is 402. The van der Waals surface area contributed by atoms with E-state index in [1.165, 1.54) is 24.0 Å². The molecular formula is C17H30N2O. The van der Waals surface area contributed by atoms with Gasteiger partial charge in [-0.25, -0.2) is 0 Å². The minimum atomic E-state index is 0.359. The van der Waals surface area contributed by atoms with Crippen molar-refractivity contribution in [1.29, 1.82) is 0 Å². The Morgan fingerprint density at radius 2 is 1.90 bits per heavy atom. The normalized spacial score (nSPS) is 13.0. The number of rotatable bonds is 8. The predicted molar refractivity (Wildman–Crippen MR) is 86.3 cm³/mol. The van der Waals surface area contributed by atoms with Crippen molar-refractivity contribution >= 4 is 0 Å². The maximum atomic E-state index is 5.51. The van der Waals surface area contributed by atoms with E-state index in [2.05, 4.69) is 56.2 Å². The van der Waals surface area contributed by atoms with Crippen molar-refractivity contribution < 1.29 is 4.74 Å². The lowest BCUT2D eigenvalue weighted by Gasteiger charge is -2.27. The van der Waals surface area contributed by atoms with Gasteiger partial charge in [-0.3, -0.25) is 4.90 Å². The van der Waals surface area contributed by atoms with Gasteiger partial charge >= 0.3 is 0 Å². The highest BCUT2D eigenvalue weighted by atomic mass is 16.5. The fourth-order valence-corrected chi connectivity index (χ4v) is 2.67. The van der Waals surface area contributed by atoms with Crippen molar-refractivity contribution in [3.63, 3.8) is 0 Å². The van der Waals surface area contributed by atoms with Crippen LogP contribution in [0.3, 0.4) is 0 Å². The zero-order valence-corrected chi connectivity index (χ0v) is 13.9. The van der Waals surface area contributed by atoms with Gasteiger partial charge in [0.05, 0.1) is 7.11 Å². The summed E-state index contributed by atoms with van der Waals surface area (Å²) >= 11 is 0. The highest BCUT2D eigenvalue weighted by molar-refractivity contribution is 5.38. The molecule has 0 bridgehead atoms. The molecule has 1 aromatic rings. The summed E-state index contributed by atoms with van der Waals surface area (Å²) in [6.45, 7) is 7.61. The van der Waals surface area contributed by atoms with Crippen LogP contribution in [0.15, 0.2) is 18.2 Å². The molecule has 1 unspecified atom stereocenters. The zero-order chi connectivity index (χ0) is 15.1. The van der Waals surface area contributed by atoms with Crippen LogP contribution in [0.1, 0.15) is 50.8 Å². The minimum Gasteiger partial charge on any atom is -0.496 e. The van der Waals surface area contributed by atoms with Gasteiger partial charge in [0.15, 0.2) is 0 Å². The lowest BCUT2D eigenvalue weighted by Crippen LogP contribution is -2.30. The second-order valence-corrected chi connectivity index (χ2v) is 5.47. The first-order chi connectivity index (χ1) is 9.57. The molecule has 20 heavy (non-hydrogen) atoms. The molecule has 3 nitrogen and oxygen atoms in total. The van der Waals surface area contributed by atoms with Gasteiger partial charge < -0.3 is 10.1 Å². The first-order valence-corrected chi connectivity index (χ1v) is 7.61. The van der Waals surface area contributed by atoms with E-state index in [-0.39, 0.29) is 0 Å². The zero-order valence-electron chi connectivity index (χ0n) is 13.9.